The Morgan fingerprint density at radius 2 is 1.55 bits per heavy atom. The second-order valence-electron chi connectivity index (χ2n) is 10.1. The number of methoxy groups -OCH3 is 1. The van der Waals surface area contributed by atoms with Crippen LogP contribution < -0.4 is 16.3 Å². The molecule has 1 aromatic carbocycles. The summed E-state index contributed by atoms with van der Waals surface area (Å²) in [5, 5.41) is 0.815. The first-order chi connectivity index (χ1) is 19.1. The van der Waals surface area contributed by atoms with Crippen LogP contribution in [-0.2, 0) is 15.7 Å². The van der Waals surface area contributed by atoms with Crippen molar-refractivity contribution in [3.8, 4) is 0 Å². The largest absolute Gasteiger partial charge is 0.448 e. The van der Waals surface area contributed by atoms with Crippen LogP contribution in [0.25, 0.3) is 10.9 Å². The van der Waals surface area contributed by atoms with Gasteiger partial charge in [0.05, 0.1) is 29.2 Å². The van der Waals surface area contributed by atoms with Crippen molar-refractivity contribution < 1.29 is 27.4 Å². The molecule has 1 amide bonds. The molecular weight excluding hydrogens is 527 g/mol. The number of H-pyrrole nitrogens is 1. The fraction of sp³-hybridized carbons (Fsp3) is 0.690. The topological polar surface area (TPSA) is 93.6 Å². The molecule has 0 spiro atoms. The molecule has 2 aromatic rings. The Labute approximate surface area is 233 Å². The van der Waals surface area contributed by atoms with Gasteiger partial charge in [0.1, 0.15) is 0 Å². The van der Waals surface area contributed by atoms with E-state index in [1.54, 1.807) is 6.92 Å². The first-order valence-electron chi connectivity index (χ1n) is 14.5. The number of halogens is 3. The number of aromatic nitrogens is 2. The van der Waals surface area contributed by atoms with Crippen LogP contribution >= 0.6 is 0 Å². The van der Waals surface area contributed by atoms with E-state index in [9.17, 15) is 27.6 Å². The summed E-state index contributed by atoms with van der Waals surface area (Å²) in [4.78, 5) is 42.1. The lowest BCUT2D eigenvalue weighted by atomic mass is 9.97. The SMILES string of the molecule is CCCCCCCCCN(C(=O)OCCCCCC)n1c(=O)[nH]c2cc(C(F)(F)F)c(C(CC)OC)cc2c1=O. The fourth-order valence-electron chi connectivity index (χ4n) is 4.77. The monoisotopic (exact) mass is 571 g/mol. The summed E-state index contributed by atoms with van der Waals surface area (Å²) in [5.74, 6) is 0. The summed E-state index contributed by atoms with van der Waals surface area (Å²) in [6.07, 6.45) is 3.98. The van der Waals surface area contributed by atoms with Crippen molar-refractivity contribution in [2.45, 2.75) is 110 Å². The van der Waals surface area contributed by atoms with Gasteiger partial charge in [0, 0.05) is 13.7 Å². The summed E-state index contributed by atoms with van der Waals surface area (Å²) in [6, 6.07) is 1.86. The summed E-state index contributed by atoms with van der Waals surface area (Å²) >= 11 is 0. The summed E-state index contributed by atoms with van der Waals surface area (Å²) in [6.45, 7) is 6.06. The highest BCUT2D eigenvalue weighted by atomic mass is 19.4. The van der Waals surface area contributed by atoms with E-state index < -0.39 is 35.2 Å². The molecule has 1 heterocycles. The van der Waals surface area contributed by atoms with Gasteiger partial charge in [0.15, 0.2) is 0 Å². The highest BCUT2D eigenvalue weighted by molar-refractivity contribution is 5.82. The average molecular weight is 572 g/mol. The van der Waals surface area contributed by atoms with E-state index in [1.165, 1.54) is 7.11 Å². The first kappa shape index (κ1) is 33.4. The molecule has 0 aliphatic rings. The van der Waals surface area contributed by atoms with Crippen LogP contribution in [0.15, 0.2) is 21.7 Å². The van der Waals surface area contributed by atoms with Gasteiger partial charge in [-0.05, 0) is 37.0 Å². The van der Waals surface area contributed by atoms with Crippen molar-refractivity contribution in [3.05, 3.63) is 44.1 Å². The zero-order valence-corrected chi connectivity index (χ0v) is 24.2. The number of carbonyl (C=O) groups is 1. The molecule has 2 rings (SSSR count). The maximum Gasteiger partial charge on any atom is 0.429 e. The predicted molar refractivity (Wildman–Crippen MR) is 150 cm³/mol. The Hall–Kier alpha value is -2.82. The van der Waals surface area contributed by atoms with Gasteiger partial charge in [-0.15, -0.1) is 0 Å². The lowest BCUT2D eigenvalue weighted by Gasteiger charge is -2.24. The number of amides is 1. The highest BCUT2D eigenvalue weighted by Gasteiger charge is 2.36. The number of rotatable bonds is 17. The molecule has 1 N–H and O–H groups in total. The molecule has 0 radical (unpaired) electrons. The Balaban J connectivity index is 2.49. The van der Waals surface area contributed by atoms with E-state index in [0.29, 0.717) is 17.5 Å². The van der Waals surface area contributed by atoms with Gasteiger partial charge >= 0.3 is 18.0 Å². The molecule has 0 bridgehead atoms. The van der Waals surface area contributed by atoms with Crippen molar-refractivity contribution in [3.63, 3.8) is 0 Å². The van der Waals surface area contributed by atoms with Gasteiger partial charge in [0.2, 0.25) is 0 Å². The number of nitrogens with one attached hydrogen (secondary N) is 1. The van der Waals surface area contributed by atoms with Crippen LogP contribution in [0.1, 0.15) is 115 Å². The van der Waals surface area contributed by atoms with E-state index in [1.807, 2.05) is 0 Å². The van der Waals surface area contributed by atoms with Crippen molar-refractivity contribution >= 4 is 17.0 Å². The van der Waals surface area contributed by atoms with Crippen LogP contribution in [0.4, 0.5) is 18.0 Å². The Kier molecular flexibility index (Phi) is 13.7. The zero-order chi connectivity index (χ0) is 29.7. The van der Waals surface area contributed by atoms with E-state index in [0.717, 1.165) is 74.9 Å². The number of alkyl halides is 3. The predicted octanol–water partition coefficient (Wildman–Crippen LogP) is 7.21. The number of fused-ring (bicyclic) bond motifs is 1. The standard InChI is InChI=1S/C29H44F3N3O5/c1-5-8-10-12-13-14-15-17-34(28(38)40-18-16-11-9-6-2)35-26(36)22-19-21(25(7-3)39-4)23(29(30,31)32)20-24(22)33-27(35)37/h19-20,25H,5-18H2,1-4H3,(H,33,37). The minimum absolute atomic E-state index is 0.0548. The van der Waals surface area contributed by atoms with Crippen molar-refractivity contribution in [2.75, 3.05) is 25.3 Å². The smallest absolute Gasteiger partial charge is 0.429 e. The van der Waals surface area contributed by atoms with Crippen LogP contribution in [0.2, 0.25) is 0 Å². The zero-order valence-electron chi connectivity index (χ0n) is 24.2. The maximum absolute atomic E-state index is 13.9. The third-order valence-corrected chi connectivity index (χ3v) is 7.00. The third kappa shape index (κ3) is 9.11. The normalized spacial score (nSPS) is 12.6. The van der Waals surface area contributed by atoms with E-state index in [-0.39, 0.29) is 36.0 Å². The molecule has 1 unspecified atom stereocenters. The van der Waals surface area contributed by atoms with Crippen LogP contribution in [-0.4, -0.2) is 36.0 Å². The van der Waals surface area contributed by atoms with Gasteiger partial charge in [-0.1, -0.05) is 78.6 Å². The van der Waals surface area contributed by atoms with Gasteiger partial charge in [-0.2, -0.15) is 17.8 Å². The Bertz CT molecular complexity index is 1190. The van der Waals surface area contributed by atoms with E-state index in [4.69, 9.17) is 9.47 Å². The molecule has 0 aliphatic heterocycles. The van der Waals surface area contributed by atoms with E-state index in [2.05, 4.69) is 18.8 Å². The minimum atomic E-state index is -4.73. The van der Waals surface area contributed by atoms with Crippen molar-refractivity contribution in [1.82, 2.24) is 9.66 Å². The Morgan fingerprint density at radius 1 is 0.950 bits per heavy atom. The molecule has 226 valence electrons. The number of unbranched alkanes of at least 4 members (excludes halogenated alkanes) is 9. The Morgan fingerprint density at radius 3 is 2.12 bits per heavy atom. The number of aromatic amines is 1. The lowest BCUT2D eigenvalue weighted by Crippen LogP contribution is -2.54. The molecule has 0 saturated carbocycles. The van der Waals surface area contributed by atoms with Crippen molar-refractivity contribution in [2.24, 2.45) is 0 Å². The molecule has 8 nitrogen and oxygen atoms in total. The summed E-state index contributed by atoms with van der Waals surface area (Å²) in [5.41, 5.74) is -3.38. The molecule has 0 saturated heterocycles. The molecule has 40 heavy (non-hydrogen) atoms. The molecule has 11 heteroatoms. The number of hydrogen-bond acceptors (Lipinski definition) is 5. The van der Waals surface area contributed by atoms with Crippen LogP contribution in [0.5, 0.6) is 0 Å². The molecule has 1 aromatic heterocycles. The first-order valence-corrected chi connectivity index (χ1v) is 14.5. The van der Waals surface area contributed by atoms with Crippen molar-refractivity contribution in [1.29, 1.82) is 0 Å². The van der Waals surface area contributed by atoms with Gasteiger partial charge in [-0.3, -0.25) is 4.79 Å². The van der Waals surface area contributed by atoms with E-state index >= 15 is 0 Å². The van der Waals surface area contributed by atoms with Gasteiger partial charge < -0.3 is 14.5 Å². The maximum atomic E-state index is 13.9. The third-order valence-electron chi connectivity index (χ3n) is 7.00. The molecule has 0 fully saturated rings. The van der Waals surface area contributed by atoms with Gasteiger partial charge in [0.25, 0.3) is 5.56 Å². The number of ether oxygens (including phenoxy) is 2. The van der Waals surface area contributed by atoms with Crippen LogP contribution in [0.3, 0.4) is 0 Å². The second kappa shape index (κ2) is 16.4. The number of benzene rings is 1. The number of hydrogen-bond donors (Lipinski definition) is 1. The summed E-state index contributed by atoms with van der Waals surface area (Å²) in [7, 11) is 1.30. The molecule has 0 aliphatic carbocycles. The number of carbonyl (C=O) groups excluding carboxylic acids is 1. The quantitative estimate of drug-likeness (QED) is 0.203. The molecule has 1 atom stereocenters. The lowest BCUT2D eigenvalue weighted by molar-refractivity contribution is -0.139. The van der Waals surface area contributed by atoms with Crippen LogP contribution in [0, 0.1) is 0 Å². The fourth-order valence-corrected chi connectivity index (χ4v) is 4.77. The molecular formula is C29H44F3N3O5. The second-order valence-corrected chi connectivity index (χ2v) is 10.1. The highest BCUT2D eigenvalue weighted by Crippen LogP contribution is 2.38. The summed E-state index contributed by atoms with van der Waals surface area (Å²) < 4.78 is 53.0. The minimum Gasteiger partial charge on any atom is -0.448 e. The van der Waals surface area contributed by atoms with Gasteiger partial charge in [-0.25, -0.2) is 14.6 Å². The average Bonchev–Trinajstić information content (AvgIpc) is 2.91. The number of nitrogens with zero attached hydrogens (tertiary/aromatic N) is 2.